The fourth-order valence-corrected chi connectivity index (χ4v) is 1.58. The molecule has 0 heterocycles. The summed E-state index contributed by atoms with van der Waals surface area (Å²) < 4.78 is 5.59. The summed E-state index contributed by atoms with van der Waals surface area (Å²) in [6.45, 7) is 0.351. The van der Waals surface area contributed by atoms with Crippen LogP contribution in [0, 0.1) is 11.3 Å². The molecular weight excluding hydrogens is 240 g/mol. The molecule has 0 spiro atoms. The maximum Gasteiger partial charge on any atom is 0.240 e. The molecule has 0 saturated heterocycles. The Labute approximate surface area is 110 Å². The minimum absolute atomic E-state index is 0.351. The highest BCUT2D eigenvalue weighted by molar-refractivity contribution is 5.56. The molecule has 0 bridgehead atoms. The summed E-state index contributed by atoms with van der Waals surface area (Å²) in [7, 11) is 0. The van der Waals surface area contributed by atoms with Crippen LogP contribution in [0.3, 0.4) is 0 Å². The van der Waals surface area contributed by atoms with E-state index in [1.807, 2.05) is 36.4 Å². The molecule has 0 aliphatic heterocycles. The first-order chi connectivity index (χ1) is 9.33. The van der Waals surface area contributed by atoms with Crippen LogP contribution in [0.1, 0.15) is 11.1 Å². The summed E-state index contributed by atoms with van der Waals surface area (Å²) in [6, 6.07) is 16.3. The third-order valence-corrected chi connectivity index (χ3v) is 2.50. The van der Waals surface area contributed by atoms with E-state index in [4.69, 9.17) is 10.00 Å². The average molecular weight is 250 g/mol. The highest BCUT2D eigenvalue weighted by Crippen LogP contribution is 2.25. The van der Waals surface area contributed by atoms with Gasteiger partial charge in [0.25, 0.3) is 0 Å². The quantitative estimate of drug-likeness (QED) is 0.618. The Kier molecular flexibility index (Phi) is 4.07. The summed E-state index contributed by atoms with van der Waals surface area (Å²) in [5.41, 5.74) is 1.81. The molecular formula is C15H10N2O2. The molecule has 4 heteroatoms. The van der Waals surface area contributed by atoms with Gasteiger partial charge in [0.15, 0.2) is 0 Å². The molecule has 19 heavy (non-hydrogen) atoms. The Morgan fingerprint density at radius 2 is 1.95 bits per heavy atom. The van der Waals surface area contributed by atoms with Crippen molar-refractivity contribution in [2.24, 2.45) is 4.99 Å². The lowest BCUT2D eigenvalue weighted by molar-refractivity contribution is 0.305. The van der Waals surface area contributed by atoms with Crippen LogP contribution in [0.5, 0.6) is 5.75 Å². The predicted octanol–water partition coefficient (Wildman–Crippen LogP) is 3.10. The Morgan fingerprint density at radius 1 is 1.16 bits per heavy atom. The Bertz CT molecular complexity index is 654. The maximum absolute atomic E-state index is 10.2. The summed E-state index contributed by atoms with van der Waals surface area (Å²) in [4.78, 5) is 13.7. The van der Waals surface area contributed by atoms with Crippen molar-refractivity contribution in [3.05, 3.63) is 59.7 Å². The predicted molar refractivity (Wildman–Crippen MR) is 69.7 cm³/mol. The molecule has 2 aromatic rings. The van der Waals surface area contributed by atoms with E-state index in [2.05, 4.69) is 4.99 Å². The van der Waals surface area contributed by atoms with E-state index < -0.39 is 0 Å². The molecule has 0 aromatic heterocycles. The normalized spacial score (nSPS) is 9.21. The van der Waals surface area contributed by atoms with Crippen molar-refractivity contribution in [3.8, 4) is 11.8 Å². The topological polar surface area (TPSA) is 62.5 Å². The molecule has 2 aromatic carbocycles. The lowest BCUT2D eigenvalue weighted by Gasteiger charge is -2.08. The molecule has 4 nitrogen and oxygen atoms in total. The Morgan fingerprint density at radius 3 is 2.63 bits per heavy atom. The van der Waals surface area contributed by atoms with Crippen LogP contribution in [0.2, 0.25) is 0 Å². The van der Waals surface area contributed by atoms with Gasteiger partial charge in [0.05, 0.1) is 11.3 Å². The fourth-order valence-electron chi connectivity index (χ4n) is 1.58. The van der Waals surface area contributed by atoms with Crippen molar-refractivity contribution >= 4 is 11.8 Å². The molecule has 0 radical (unpaired) electrons. The molecule has 0 unspecified atom stereocenters. The van der Waals surface area contributed by atoms with Crippen LogP contribution >= 0.6 is 0 Å². The second-order valence-electron chi connectivity index (χ2n) is 3.77. The van der Waals surface area contributed by atoms with Gasteiger partial charge in [-0.1, -0.05) is 30.3 Å². The van der Waals surface area contributed by atoms with Gasteiger partial charge >= 0.3 is 0 Å². The zero-order chi connectivity index (χ0) is 13.5. The van der Waals surface area contributed by atoms with Crippen LogP contribution in [-0.4, -0.2) is 6.08 Å². The first-order valence-corrected chi connectivity index (χ1v) is 5.62. The van der Waals surface area contributed by atoms with E-state index in [0.29, 0.717) is 23.6 Å². The van der Waals surface area contributed by atoms with Crippen molar-refractivity contribution in [2.75, 3.05) is 0 Å². The number of rotatable bonds is 4. The molecule has 0 amide bonds. The molecule has 0 aliphatic carbocycles. The van der Waals surface area contributed by atoms with Gasteiger partial charge in [0.1, 0.15) is 18.4 Å². The number of aliphatic imine (C=N–C) groups is 1. The van der Waals surface area contributed by atoms with Gasteiger partial charge in [0, 0.05) is 6.07 Å². The minimum atomic E-state index is 0.351. The summed E-state index contributed by atoms with van der Waals surface area (Å²) in [5.74, 6) is 0.405. The summed E-state index contributed by atoms with van der Waals surface area (Å²) in [5, 5.41) is 9.00. The van der Waals surface area contributed by atoms with Gasteiger partial charge < -0.3 is 4.74 Å². The van der Waals surface area contributed by atoms with Crippen molar-refractivity contribution < 1.29 is 9.53 Å². The molecule has 2 rings (SSSR count). The number of hydrogen-bond acceptors (Lipinski definition) is 4. The fraction of sp³-hybridized carbons (Fsp3) is 0.0667. The Hall–Kier alpha value is -2.89. The lowest BCUT2D eigenvalue weighted by Crippen LogP contribution is -1.96. The third-order valence-electron chi connectivity index (χ3n) is 2.50. The van der Waals surface area contributed by atoms with Crippen molar-refractivity contribution in [3.63, 3.8) is 0 Å². The molecule has 0 N–H and O–H groups in total. The zero-order valence-corrected chi connectivity index (χ0v) is 10.0. The molecule has 92 valence electrons. The van der Waals surface area contributed by atoms with E-state index in [-0.39, 0.29) is 0 Å². The van der Waals surface area contributed by atoms with E-state index in [1.165, 1.54) is 6.08 Å². The molecule has 0 saturated carbocycles. The van der Waals surface area contributed by atoms with E-state index in [0.717, 1.165) is 5.56 Å². The van der Waals surface area contributed by atoms with Crippen LogP contribution in [0.15, 0.2) is 53.5 Å². The van der Waals surface area contributed by atoms with Crippen LogP contribution in [0.4, 0.5) is 5.69 Å². The number of nitriles is 1. The second-order valence-corrected chi connectivity index (χ2v) is 3.77. The van der Waals surface area contributed by atoms with Crippen LogP contribution in [-0.2, 0) is 11.4 Å². The van der Waals surface area contributed by atoms with Gasteiger partial charge in [-0.05, 0) is 17.7 Å². The number of ether oxygens (including phenoxy) is 1. The van der Waals surface area contributed by atoms with Crippen molar-refractivity contribution in [2.45, 2.75) is 6.61 Å². The molecule has 0 aliphatic rings. The highest BCUT2D eigenvalue weighted by Gasteiger charge is 2.05. The number of hydrogen-bond donors (Lipinski definition) is 0. The maximum atomic E-state index is 10.2. The standard InChI is InChI=1S/C15H10N2O2/c16-9-13-6-7-14(17-11-18)8-15(13)19-10-12-4-2-1-3-5-12/h1-8H,10H2. The minimum Gasteiger partial charge on any atom is -0.487 e. The smallest absolute Gasteiger partial charge is 0.240 e. The Balaban J connectivity index is 2.21. The second kappa shape index (κ2) is 6.15. The van der Waals surface area contributed by atoms with Crippen molar-refractivity contribution in [1.29, 1.82) is 5.26 Å². The van der Waals surface area contributed by atoms with E-state index in [9.17, 15) is 4.79 Å². The van der Waals surface area contributed by atoms with E-state index in [1.54, 1.807) is 18.2 Å². The van der Waals surface area contributed by atoms with Gasteiger partial charge in [0.2, 0.25) is 6.08 Å². The average Bonchev–Trinajstić information content (AvgIpc) is 2.47. The monoisotopic (exact) mass is 250 g/mol. The largest absolute Gasteiger partial charge is 0.487 e. The van der Waals surface area contributed by atoms with Crippen LogP contribution < -0.4 is 4.74 Å². The third kappa shape index (κ3) is 3.29. The van der Waals surface area contributed by atoms with Gasteiger partial charge in [-0.3, -0.25) is 0 Å². The van der Waals surface area contributed by atoms with Crippen LogP contribution in [0.25, 0.3) is 0 Å². The number of nitrogens with zero attached hydrogens (tertiary/aromatic N) is 2. The first kappa shape index (κ1) is 12.6. The molecule has 0 fully saturated rings. The molecule has 0 atom stereocenters. The van der Waals surface area contributed by atoms with Crippen molar-refractivity contribution in [1.82, 2.24) is 0 Å². The summed E-state index contributed by atoms with van der Waals surface area (Å²) >= 11 is 0. The summed E-state index contributed by atoms with van der Waals surface area (Å²) in [6.07, 6.45) is 1.46. The van der Waals surface area contributed by atoms with E-state index >= 15 is 0 Å². The van der Waals surface area contributed by atoms with Gasteiger partial charge in [-0.25, -0.2) is 4.79 Å². The van der Waals surface area contributed by atoms with Gasteiger partial charge in [-0.15, -0.1) is 0 Å². The SMILES string of the molecule is N#Cc1ccc(N=C=O)cc1OCc1ccccc1. The zero-order valence-electron chi connectivity index (χ0n) is 10.0. The number of carbonyl (C=O) groups excluding carboxylic acids is 1. The number of benzene rings is 2. The number of isocyanates is 1. The lowest BCUT2D eigenvalue weighted by atomic mass is 10.2. The van der Waals surface area contributed by atoms with Gasteiger partial charge in [-0.2, -0.15) is 10.3 Å². The first-order valence-electron chi connectivity index (χ1n) is 5.62. The highest BCUT2D eigenvalue weighted by atomic mass is 16.5.